The Morgan fingerprint density at radius 3 is 2.50 bits per heavy atom. The fourth-order valence-corrected chi connectivity index (χ4v) is 1.98. The lowest BCUT2D eigenvalue weighted by Gasteiger charge is -2.19. The van der Waals surface area contributed by atoms with Crippen molar-refractivity contribution in [2.24, 2.45) is 5.73 Å². The molecule has 2 rings (SSSR count). The van der Waals surface area contributed by atoms with Crippen LogP contribution in [0.5, 0.6) is 0 Å². The maximum Gasteiger partial charge on any atom is 0.129 e. The van der Waals surface area contributed by atoms with Crippen LogP contribution in [0.15, 0.2) is 42.6 Å². The van der Waals surface area contributed by atoms with E-state index in [9.17, 15) is 5.11 Å². The second-order valence-corrected chi connectivity index (χ2v) is 4.76. The lowest BCUT2D eigenvalue weighted by molar-refractivity contribution is 0.147. The Hall–Kier alpha value is -1.13. The largest absolute Gasteiger partial charge is 0.386 e. The van der Waals surface area contributed by atoms with Gasteiger partial charge in [-0.1, -0.05) is 41.4 Å². The Morgan fingerprint density at radius 1 is 1.11 bits per heavy atom. The van der Waals surface area contributed by atoms with Gasteiger partial charge in [0, 0.05) is 11.2 Å². The zero-order valence-corrected chi connectivity index (χ0v) is 10.9. The molecule has 3 N–H and O–H groups in total. The average Bonchev–Trinajstić information content (AvgIpc) is 2.38. The molecule has 0 saturated heterocycles. The average molecular weight is 283 g/mol. The van der Waals surface area contributed by atoms with Gasteiger partial charge < -0.3 is 10.8 Å². The number of rotatable bonds is 3. The Kier molecular flexibility index (Phi) is 4.19. The van der Waals surface area contributed by atoms with Gasteiger partial charge in [0.1, 0.15) is 5.15 Å². The highest BCUT2D eigenvalue weighted by Gasteiger charge is 2.19. The minimum absolute atomic E-state index is 0.392. The molecule has 0 bridgehead atoms. The molecule has 0 radical (unpaired) electrons. The van der Waals surface area contributed by atoms with Gasteiger partial charge in [-0.3, -0.25) is 0 Å². The third-order valence-electron chi connectivity index (χ3n) is 2.67. The van der Waals surface area contributed by atoms with Gasteiger partial charge in [-0.05, 0) is 29.3 Å². The molecule has 0 fully saturated rings. The van der Waals surface area contributed by atoms with E-state index >= 15 is 0 Å². The first kappa shape index (κ1) is 13.3. The van der Waals surface area contributed by atoms with E-state index in [4.69, 9.17) is 28.9 Å². The first-order valence-corrected chi connectivity index (χ1v) is 6.14. The number of hydrogen-bond donors (Lipinski definition) is 2. The molecule has 0 saturated carbocycles. The van der Waals surface area contributed by atoms with Crippen LogP contribution in [0.2, 0.25) is 10.2 Å². The summed E-state index contributed by atoms with van der Waals surface area (Å²) in [5, 5.41) is 11.1. The van der Waals surface area contributed by atoms with Crippen molar-refractivity contribution >= 4 is 23.2 Å². The normalized spacial score (nSPS) is 14.2. The molecule has 18 heavy (non-hydrogen) atoms. The van der Waals surface area contributed by atoms with Crippen molar-refractivity contribution in [3.63, 3.8) is 0 Å². The van der Waals surface area contributed by atoms with Crippen LogP contribution in [0, 0.1) is 0 Å². The molecule has 1 unspecified atom stereocenters. The number of aromatic nitrogens is 1. The molecule has 0 aliphatic rings. The smallest absolute Gasteiger partial charge is 0.129 e. The van der Waals surface area contributed by atoms with Crippen molar-refractivity contribution < 1.29 is 5.11 Å². The number of pyridine rings is 1. The molecule has 5 heteroatoms. The molecular formula is C13H12Cl2N2O. The van der Waals surface area contributed by atoms with Gasteiger partial charge in [-0.25, -0.2) is 4.98 Å². The summed E-state index contributed by atoms with van der Waals surface area (Å²) in [4.78, 5) is 3.94. The van der Waals surface area contributed by atoms with Gasteiger partial charge >= 0.3 is 0 Å². The van der Waals surface area contributed by atoms with E-state index in [-0.39, 0.29) is 0 Å². The highest BCUT2D eigenvalue weighted by atomic mass is 35.5. The quantitative estimate of drug-likeness (QED) is 0.851. The second kappa shape index (κ2) is 5.67. The van der Waals surface area contributed by atoms with E-state index in [1.165, 1.54) is 0 Å². The predicted molar refractivity (Wildman–Crippen MR) is 72.6 cm³/mol. The molecule has 1 heterocycles. The van der Waals surface area contributed by atoms with E-state index in [0.717, 1.165) is 0 Å². The fraction of sp³-hybridized carbons (Fsp3) is 0.154. The van der Waals surface area contributed by atoms with Gasteiger partial charge in [0.15, 0.2) is 0 Å². The van der Waals surface area contributed by atoms with Crippen molar-refractivity contribution in [3.05, 3.63) is 63.9 Å². The highest BCUT2D eigenvalue weighted by Crippen LogP contribution is 2.28. The topological polar surface area (TPSA) is 59.1 Å². The van der Waals surface area contributed by atoms with Crippen molar-refractivity contribution in [3.8, 4) is 0 Å². The first-order valence-electron chi connectivity index (χ1n) is 5.38. The van der Waals surface area contributed by atoms with Crippen LogP contribution in [0.3, 0.4) is 0 Å². The first-order chi connectivity index (χ1) is 8.58. The molecule has 1 aromatic carbocycles. The fourth-order valence-electron chi connectivity index (χ4n) is 1.66. The molecule has 2 atom stereocenters. The van der Waals surface area contributed by atoms with E-state index in [1.807, 2.05) is 0 Å². The standard InChI is InChI=1S/C13H12Cl2N2O/c14-10-3-1-2-8(6-10)13(18)12(16)9-4-5-11(15)17-7-9/h1-7,12-13,18H,16H2/t12-,13?/m1/s1. The maximum atomic E-state index is 10.2. The van der Waals surface area contributed by atoms with Gasteiger partial charge in [0.25, 0.3) is 0 Å². The summed E-state index contributed by atoms with van der Waals surface area (Å²) in [5.41, 5.74) is 7.38. The monoisotopic (exact) mass is 282 g/mol. The maximum absolute atomic E-state index is 10.2. The second-order valence-electron chi connectivity index (χ2n) is 3.94. The summed E-state index contributed by atoms with van der Waals surface area (Å²) in [6.45, 7) is 0. The molecule has 1 aromatic heterocycles. The van der Waals surface area contributed by atoms with Crippen molar-refractivity contribution in [1.82, 2.24) is 4.98 Å². The third-order valence-corrected chi connectivity index (χ3v) is 3.12. The summed E-state index contributed by atoms with van der Waals surface area (Å²) in [6, 6.07) is 9.79. The number of aliphatic hydroxyl groups is 1. The van der Waals surface area contributed by atoms with E-state index < -0.39 is 12.1 Å². The number of benzene rings is 1. The van der Waals surface area contributed by atoms with Crippen LogP contribution in [-0.4, -0.2) is 10.1 Å². The number of nitrogens with zero attached hydrogens (tertiary/aromatic N) is 1. The van der Waals surface area contributed by atoms with E-state index in [0.29, 0.717) is 21.3 Å². The van der Waals surface area contributed by atoms with Crippen LogP contribution >= 0.6 is 23.2 Å². The minimum Gasteiger partial charge on any atom is -0.386 e. The van der Waals surface area contributed by atoms with Crippen molar-refractivity contribution in [1.29, 1.82) is 0 Å². The van der Waals surface area contributed by atoms with Crippen LogP contribution in [0.1, 0.15) is 23.3 Å². The molecule has 94 valence electrons. The molecule has 0 amide bonds. The van der Waals surface area contributed by atoms with Crippen molar-refractivity contribution in [2.45, 2.75) is 12.1 Å². The number of hydrogen-bond acceptors (Lipinski definition) is 3. The number of aliphatic hydroxyl groups excluding tert-OH is 1. The van der Waals surface area contributed by atoms with Crippen molar-refractivity contribution in [2.75, 3.05) is 0 Å². The predicted octanol–water partition coefficient (Wildman–Crippen LogP) is 3.12. The molecule has 0 aliphatic carbocycles. The molecule has 3 nitrogen and oxygen atoms in total. The number of nitrogens with two attached hydrogens (primary N) is 1. The summed E-state index contributed by atoms with van der Waals surface area (Å²) in [6.07, 6.45) is 0.715. The number of halogens is 2. The molecule has 0 aliphatic heterocycles. The lowest BCUT2D eigenvalue weighted by atomic mass is 9.98. The Morgan fingerprint density at radius 2 is 1.89 bits per heavy atom. The van der Waals surface area contributed by atoms with E-state index in [1.54, 1.807) is 42.6 Å². The summed E-state index contributed by atoms with van der Waals surface area (Å²) in [7, 11) is 0. The molecule has 0 spiro atoms. The minimum atomic E-state index is -0.841. The third kappa shape index (κ3) is 3.00. The summed E-state index contributed by atoms with van der Waals surface area (Å²) < 4.78 is 0. The van der Waals surface area contributed by atoms with Crippen LogP contribution < -0.4 is 5.73 Å². The van der Waals surface area contributed by atoms with Crippen LogP contribution in [-0.2, 0) is 0 Å². The van der Waals surface area contributed by atoms with E-state index in [2.05, 4.69) is 4.98 Å². The van der Waals surface area contributed by atoms with Gasteiger partial charge in [-0.15, -0.1) is 0 Å². The van der Waals surface area contributed by atoms with Gasteiger partial charge in [0.05, 0.1) is 12.1 Å². The summed E-state index contributed by atoms with van der Waals surface area (Å²) >= 11 is 11.6. The zero-order valence-electron chi connectivity index (χ0n) is 9.42. The molecular weight excluding hydrogens is 271 g/mol. The van der Waals surface area contributed by atoms with Crippen LogP contribution in [0.4, 0.5) is 0 Å². The van der Waals surface area contributed by atoms with Crippen LogP contribution in [0.25, 0.3) is 0 Å². The Labute approximate surface area is 115 Å². The Bertz CT molecular complexity index is 531. The SMILES string of the molecule is N[C@H](c1ccc(Cl)nc1)C(O)c1cccc(Cl)c1. The highest BCUT2D eigenvalue weighted by molar-refractivity contribution is 6.30. The summed E-state index contributed by atoms with van der Waals surface area (Å²) in [5.74, 6) is 0. The lowest BCUT2D eigenvalue weighted by Crippen LogP contribution is -2.19. The molecule has 2 aromatic rings. The zero-order chi connectivity index (χ0) is 13.1. The van der Waals surface area contributed by atoms with Gasteiger partial charge in [0.2, 0.25) is 0 Å². The van der Waals surface area contributed by atoms with Gasteiger partial charge in [-0.2, -0.15) is 0 Å². The Balaban J connectivity index is 2.23.